The van der Waals surface area contributed by atoms with E-state index in [1.165, 1.54) is 0 Å². The van der Waals surface area contributed by atoms with E-state index >= 15 is 0 Å². The van der Waals surface area contributed by atoms with Gasteiger partial charge in [-0.05, 0) is 38.4 Å². The molecule has 14 heavy (non-hydrogen) atoms. The van der Waals surface area contributed by atoms with Crippen molar-refractivity contribution in [1.29, 1.82) is 0 Å². The predicted octanol–water partition coefficient (Wildman–Crippen LogP) is 3.17. The van der Waals surface area contributed by atoms with Crippen LogP contribution in [0.5, 0.6) is 0 Å². The number of hydrogen-bond acceptors (Lipinski definition) is 2. The smallest absolute Gasteiger partial charge is 0.195 e. The number of hydrogen-bond donors (Lipinski definition) is 1. The van der Waals surface area contributed by atoms with E-state index in [0.717, 1.165) is 29.9 Å². The van der Waals surface area contributed by atoms with Crippen molar-refractivity contribution in [3.8, 4) is 0 Å². The van der Waals surface area contributed by atoms with Crippen molar-refractivity contribution >= 4 is 12.2 Å². The maximum absolute atomic E-state index is 5.26. The van der Waals surface area contributed by atoms with E-state index in [2.05, 4.69) is 35.5 Å². The number of nitrogens with zero attached hydrogens (tertiary/aromatic N) is 2. The lowest BCUT2D eigenvalue weighted by Crippen LogP contribution is -2.32. The Morgan fingerprint density at radius 1 is 1.29 bits per heavy atom. The molecule has 0 aromatic carbocycles. The molecule has 0 unspecified atom stereocenters. The van der Waals surface area contributed by atoms with Gasteiger partial charge in [-0.15, -0.1) is 0 Å². The lowest BCUT2D eigenvalue weighted by Gasteiger charge is -2.32. The van der Waals surface area contributed by atoms with Gasteiger partial charge in [-0.25, -0.2) is 0 Å². The average Bonchev–Trinajstić information content (AvgIpc) is 2.53. The molecule has 0 bridgehead atoms. The van der Waals surface area contributed by atoms with Crippen molar-refractivity contribution < 1.29 is 0 Å². The highest BCUT2D eigenvalue weighted by Crippen LogP contribution is 2.30. The first-order chi connectivity index (χ1) is 6.61. The maximum atomic E-state index is 5.26. The lowest BCUT2D eigenvalue weighted by molar-refractivity contribution is 0.242. The molecule has 1 rings (SSSR count). The third-order valence-corrected chi connectivity index (χ3v) is 3.56. The topological polar surface area (TPSA) is 33.6 Å². The van der Waals surface area contributed by atoms with Crippen LogP contribution in [0, 0.1) is 11.7 Å². The fourth-order valence-electron chi connectivity index (χ4n) is 2.16. The van der Waals surface area contributed by atoms with Crippen molar-refractivity contribution in [2.75, 3.05) is 0 Å². The largest absolute Gasteiger partial charge is 0.298 e. The number of rotatable bonds is 4. The Labute approximate surface area is 90.5 Å². The zero-order chi connectivity index (χ0) is 10.8. The molecular weight excluding hydrogens is 194 g/mol. The van der Waals surface area contributed by atoms with Crippen molar-refractivity contribution in [2.45, 2.75) is 52.5 Å². The summed E-state index contributed by atoms with van der Waals surface area (Å²) in [5, 5.41) is 7.03. The summed E-state index contributed by atoms with van der Waals surface area (Å²) in [7, 11) is 0. The summed E-state index contributed by atoms with van der Waals surface area (Å²) in [6, 6.07) is 0. The van der Waals surface area contributed by atoms with Crippen molar-refractivity contribution in [3.63, 3.8) is 0 Å². The van der Waals surface area contributed by atoms with Crippen LogP contribution < -0.4 is 0 Å². The Bertz CT molecular complexity index is 338. The normalized spacial score (nSPS) is 12.0. The van der Waals surface area contributed by atoms with Crippen LogP contribution in [0.1, 0.15) is 45.9 Å². The van der Waals surface area contributed by atoms with E-state index in [1.54, 1.807) is 0 Å². The highest BCUT2D eigenvalue weighted by Gasteiger charge is 2.28. The van der Waals surface area contributed by atoms with Gasteiger partial charge < -0.3 is 0 Å². The zero-order valence-corrected chi connectivity index (χ0v) is 10.2. The van der Waals surface area contributed by atoms with E-state index in [0.29, 0.717) is 0 Å². The Balaban J connectivity index is 3.30. The molecule has 4 heteroatoms. The summed E-state index contributed by atoms with van der Waals surface area (Å²) < 4.78 is 2.91. The number of aromatic amines is 1. The first-order valence-corrected chi connectivity index (χ1v) is 5.66. The Morgan fingerprint density at radius 2 is 1.79 bits per heavy atom. The molecule has 1 heterocycles. The van der Waals surface area contributed by atoms with Crippen molar-refractivity contribution in [2.24, 2.45) is 0 Å². The van der Waals surface area contributed by atoms with E-state index in [-0.39, 0.29) is 5.54 Å². The molecule has 0 saturated carbocycles. The van der Waals surface area contributed by atoms with Crippen molar-refractivity contribution in [3.05, 3.63) is 10.6 Å². The average molecular weight is 213 g/mol. The molecule has 0 amide bonds. The molecule has 0 aliphatic heterocycles. The van der Waals surface area contributed by atoms with Gasteiger partial charge in [0, 0.05) is 5.54 Å². The minimum atomic E-state index is 0.147. The summed E-state index contributed by atoms with van der Waals surface area (Å²) in [6.07, 6.45) is 3.28. The minimum absolute atomic E-state index is 0.147. The van der Waals surface area contributed by atoms with Crippen LogP contribution in [0.3, 0.4) is 0 Å². The maximum Gasteiger partial charge on any atom is 0.195 e. The van der Waals surface area contributed by atoms with Crippen molar-refractivity contribution in [1.82, 2.24) is 14.8 Å². The number of aryl methyl sites for hydroxylation is 1. The Morgan fingerprint density at radius 3 is 2.07 bits per heavy atom. The SMILES string of the molecule is CCC(CC)(CC)n1c(C)n[nH]c1=S. The fourth-order valence-corrected chi connectivity index (χ4v) is 2.53. The highest BCUT2D eigenvalue weighted by molar-refractivity contribution is 7.71. The van der Waals surface area contributed by atoms with Gasteiger partial charge in [0.2, 0.25) is 0 Å². The van der Waals surface area contributed by atoms with Gasteiger partial charge in [-0.1, -0.05) is 20.8 Å². The van der Waals surface area contributed by atoms with Gasteiger partial charge in [-0.2, -0.15) is 5.10 Å². The van der Waals surface area contributed by atoms with Gasteiger partial charge >= 0.3 is 0 Å². The Kier molecular flexibility index (Phi) is 3.48. The second kappa shape index (κ2) is 4.26. The number of nitrogens with one attached hydrogen (secondary N) is 1. The van der Waals surface area contributed by atoms with E-state index in [9.17, 15) is 0 Å². The first kappa shape index (κ1) is 11.4. The van der Waals surface area contributed by atoms with Crippen LogP contribution in [-0.2, 0) is 5.54 Å². The monoisotopic (exact) mass is 213 g/mol. The minimum Gasteiger partial charge on any atom is -0.298 e. The van der Waals surface area contributed by atoms with Crippen LogP contribution in [0.2, 0.25) is 0 Å². The molecule has 0 radical (unpaired) electrons. The van der Waals surface area contributed by atoms with Gasteiger partial charge in [0.25, 0.3) is 0 Å². The summed E-state index contributed by atoms with van der Waals surface area (Å²) in [4.78, 5) is 0. The van der Waals surface area contributed by atoms with Crippen LogP contribution >= 0.6 is 12.2 Å². The summed E-state index contributed by atoms with van der Waals surface area (Å²) >= 11 is 5.26. The van der Waals surface area contributed by atoms with Crippen LogP contribution in [0.15, 0.2) is 0 Å². The summed E-state index contributed by atoms with van der Waals surface area (Å²) in [5.41, 5.74) is 0.147. The Hall–Kier alpha value is -0.640. The summed E-state index contributed by atoms with van der Waals surface area (Å²) in [6.45, 7) is 8.63. The number of H-pyrrole nitrogens is 1. The molecule has 0 atom stereocenters. The third kappa shape index (κ3) is 1.63. The molecule has 0 aliphatic rings. The summed E-state index contributed by atoms with van der Waals surface area (Å²) in [5.74, 6) is 0.987. The molecular formula is C10H19N3S. The molecule has 80 valence electrons. The van der Waals surface area contributed by atoms with Gasteiger partial charge in [0.1, 0.15) is 5.82 Å². The molecule has 0 spiro atoms. The zero-order valence-electron chi connectivity index (χ0n) is 9.42. The van der Waals surface area contributed by atoms with E-state index in [1.807, 2.05) is 6.92 Å². The first-order valence-electron chi connectivity index (χ1n) is 5.25. The van der Waals surface area contributed by atoms with E-state index < -0.39 is 0 Å². The molecule has 1 N–H and O–H groups in total. The molecule has 0 saturated heterocycles. The molecule has 0 aliphatic carbocycles. The van der Waals surface area contributed by atoms with Gasteiger partial charge in [0.15, 0.2) is 4.77 Å². The predicted molar refractivity (Wildman–Crippen MR) is 61.0 cm³/mol. The highest BCUT2D eigenvalue weighted by atomic mass is 32.1. The molecule has 3 nitrogen and oxygen atoms in total. The third-order valence-electron chi connectivity index (χ3n) is 3.29. The van der Waals surface area contributed by atoms with E-state index in [4.69, 9.17) is 12.2 Å². The molecule has 1 aromatic rings. The lowest BCUT2D eigenvalue weighted by atomic mass is 9.89. The van der Waals surface area contributed by atoms with Crippen LogP contribution in [0.25, 0.3) is 0 Å². The van der Waals surface area contributed by atoms with Gasteiger partial charge in [0.05, 0.1) is 0 Å². The quantitative estimate of drug-likeness (QED) is 0.779. The second-order valence-corrected chi connectivity index (χ2v) is 4.08. The number of aromatic nitrogens is 3. The standard InChI is InChI=1S/C10H19N3S/c1-5-10(6-2,7-3)13-8(4)11-12-9(13)14/h5-7H2,1-4H3,(H,12,14). The van der Waals surface area contributed by atoms with Gasteiger partial charge in [-0.3, -0.25) is 9.67 Å². The molecule has 1 aromatic heterocycles. The van der Waals surface area contributed by atoms with Crippen LogP contribution in [-0.4, -0.2) is 14.8 Å². The second-order valence-electron chi connectivity index (χ2n) is 3.70. The molecule has 0 fully saturated rings. The van der Waals surface area contributed by atoms with Crippen LogP contribution in [0.4, 0.5) is 0 Å². The fraction of sp³-hybridized carbons (Fsp3) is 0.800.